The number of fused-ring (bicyclic) bond motifs is 1. The van der Waals surface area contributed by atoms with Gasteiger partial charge in [-0.3, -0.25) is 0 Å². The summed E-state index contributed by atoms with van der Waals surface area (Å²) in [5.41, 5.74) is 8.34. The van der Waals surface area contributed by atoms with Crippen LogP contribution in [-0.4, -0.2) is 23.6 Å². The molecule has 0 spiro atoms. The second-order valence-corrected chi connectivity index (χ2v) is 4.50. The van der Waals surface area contributed by atoms with E-state index in [2.05, 4.69) is 34.7 Å². The summed E-state index contributed by atoms with van der Waals surface area (Å²) in [5.74, 6) is 0.286. The van der Waals surface area contributed by atoms with Crippen LogP contribution >= 0.6 is 0 Å². The molecular formula is C13H19N3O. The normalized spacial score (nSPS) is 20.0. The molecule has 1 aliphatic rings. The minimum Gasteiger partial charge on any atom is -0.409 e. The highest BCUT2D eigenvalue weighted by Crippen LogP contribution is 2.20. The Bertz CT molecular complexity index is 403. The van der Waals surface area contributed by atoms with Gasteiger partial charge in [-0.05, 0) is 30.4 Å². The summed E-state index contributed by atoms with van der Waals surface area (Å²) in [6, 6.07) is 9.12. The SMILES string of the molecule is NC(CCNC1CCc2ccccc2C1)=NO. The molecule has 0 saturated carbocycles. The highest BCUT2D eigenvalue weighted by molar-refractivity contribution is 5.79. The molecule has 1 aromatic carbocycles. The van der Waals surface area contributed by atoms with Gasteiger partial charge in [0.05, 0.1) is 0 Å². The van der Waals surface area contributed by atoms with E-state index in [0.29, 0.717) is 12.5 Å². The second-order valence-electron chi connectivity index (χ2n) is 4.50. The molecule has 0 bridgehead atoms. The highest BCUT2D eigenvalue weighted by atomic mass is 16.4. The molecule has 0 aromatic heterocycles. The van der Waals surface area contributed by atoms with Crippen molar-refractivity contribution in [3.05, 3.63) is 35.4 Å². The van der Waals surface area contributed by atoms with Crippen molar-refractivity contribution < 1.29 is 5.21 Å². The zero-order valence-corrected chi connectivity index (χ0v) is 9.89. The molecular weight excluding hydrogens is 214 g/mol. The number of nitrogens with two attached hydrogens (primary N) is 1. The zero-order chi connectivity index (χ0) is 12.1. The fourth-order valence-electron chi connectivity index (χ4n) is 2.33. The number of hydrogen-bond donors (Lipinski definition) is 3. The van der Waals surface area contributed by atoms with Crippen LogP contribution in [0.25, 0.3) is 0 Å². The van der Waals surface area contributed by atoms with E-state index in [0.717, 1.165) is 25.8 Å². The van der Waals surface area contributed by atoms with Crippen LogP contribution in [0.5, 0.6) is 0 Å². The molecule has 0 fully saturated rings. The smallest absolute Gasteiger partial charge is 0.140 e. The molecule has 0 saturated heterocycles. The first-order valence-electron chi connectivity index (χ1n) is 6.06. The van der Waals surface area contributed by atoms with E-state index in [1.807, 2.05) is 0 Å². The van der Waals surface area contributed by atoms with Gasteiger partial charge in [0.2, 0.25) is 0 Å². The van der Waals surface area contributed by atoms with E-state index in [4.69, 9.17) is 10.9 Å². The Kier molecular flexibility index (Phi) is 3.98. The fraction of sp³-hybridized carbons (Fsp3) is 0.462. The fourth-order valence-corrected chi connectivity index (χ4v) is 2.33. The Morgan fingerprint density at radius 2 is 2.18 bits per heavy atom. The van der Waals surface area contributed by atoms with Crippen molar-refractivity contribution in [1.29, 1.82) is 0 Å². The molecule has 4 nitrogen and oxygen atoms in total. The largest absolute Gasteiger partial charge is 0.409 e. The van der Waals surface area contributed by atoms with Gasteiger partial charge in [0, 0.05) is 19.0 Å². The average molecular weight is 233 g/mol. The lowest BCUT2D eigenvalue weighted by atomic mass is 9.88. The van der Waals surface area contributed by atoms with Gasteiger partial charge in [-0.15, -0.1) is 0 Å². The van der Waals surface area contributed by atoms with E-state index in [1.165, 1.54) is 11.1 Å². The quantitative estimate of drug-likeness (QED) is 0.317. The highest BCUT2D eigenvalue weighted by Gasteiger charge is 2.17. The lowest BCUT2D eigenvalue weighted by molar-refractivity contribution is 0.316. The molecule has 0 heterocycles. The van der Waals surface area contributed by atoms with E-state index < -0.39 is 0 Å². The second kappa shape index (κ2) is 5.68. The van der Waals surface area contributed by atoms with E-state index >= 15 is 0 Å². The van der Waals surface area contributed by atoms with E-state index in [9.17, 15) is 0 Å². The van der Waals surface area contributed by atoms with Crippen molar-refractivity contribution in [2.75, 3.05) is 6.54 Å². The summed E-state index contributed by atoms with van der Waals surface area (Å²) < 4.78 is 0. The first-order valence-corrected chi connectivity index (χ1v) is 6.06. The van der Waals surface area contributed by atoms with Gasteiger partial charge in [-0.25, -0.2) is 0 Å². The number of benzene rings is 1. The molecule has 1 atom stereocenters. The Morgan fingerprint density at radius 3 is 2.94 bits per heavy atom. The average Bonchev–Trinajstić information content (AvgIpc) is 2.38. The topological polar surface area (TPSA) is 70.6 Å². The van der Waals surface area contributed by atoms with Gasteiger partial charge in [-0.2, -0.15) is 0 Å². The Hall–Kier alpha value is -1.55. The molecule has 1 aliphatic carbocycles. The number of aryl methyl sites for hydroxylation is 1. The number of hydrogen-bond acceptors (Lipinski definition) is 3. The molecule has 0 amide bonds. The summed E-state index contributed by atoms with van der Waals surface area (Å²) in [6.07, 6.45) is 3.96. The van der Waals surface area contributed by atoms with Crippen LogP contribution in [-0.2, 0) is 12.8 Å². The maximum atomic E-state index is 8.44. The summed E-state index contributed by atoms with van der Waals surface area (Å²) >= 11 is 0. The van der Waals surface area contributed by atoms with E-state index in [-0.39, 0.29) is 5.84 Å². The number of rotatable bonds is 4. The summed E-state index contributed by atoms with van der Waals surface area (Å²) in [5, 5.41) is 14.9. The van der Waals surface area contributed by atoms with E-state index in [1.54, 1.807) is 0 Å². The van der Waals surface area contributed by atoms with Gasteiger partial charge in [0.1, 0.15) is 5.84 Å². The van der Waals surface area contributed by atoms with Crippen molar-refractivity contribution >= 4 is 5.84 Å². The number of nitrogens with zero attached hydrogens (tertiary/aromatic N) is 1. The number of oxime groups is 1. The predicted molar refractivity (Wildman–Crippen MR) is 68.3 cm³/mol. The van der Waals surface area contributed by atoms with Crippen LogP contribution in [0.4, 0.5) is 0 Å². The van der Waals surface area contributed by atoms with Gasteiger partial charge in [-0.1, -0.05) is 29.4 Å². The molecule has 0 aliphatic heterocycles. The van der Waals surface area contributed by atoms with Crippen LogP contribution < -0.4 is 11.1 Å². The third-order valence-electron chi connectivity index (χ3n) is 3.29. The standard InChI is InChI=1S/C13H19N3O/c14-13(16-17)7-8-15-12-6-5-10-3-1-2-4-11(10)9-12/h1-4,12,15,17H,5-9H2,(H2,14,16). The van der Waals surface area contributed by atoms with Crippen molar-refractivity contribution in [2.45, 2.75) is 31.7 Å². The zero-order valence-electron chi connectivity index (χ0n) is 9.89. The lowest BCUT2D eigenvalue weighted by Gasteiger charge is -2.25. The van der Waals surface area contributed by atoms with Crippen molar-refractivity contribution in [1.82, 2.24) is 5.32 Å². The molecule has 4 heteroatoms. The molecule has 2 rings (SSSR count). The predicted octanol–water partition coefficient (Wildman–Crippen LogP) is 1.27. The minimum absolute atomic E-state index is 0.286. The lowest BCUT2D eigenvalue weighted by Crippen LogP contribution is -2.36. The van der Waals surface area contributed by atoms with Gasteiger partial charge in [0.25, 0.3) is 0 Å². The van der Waals surface area contributed by atoms with Crippen LogP contribution in [0, 0.1) is 0 Å². The van der Waals surface area contributed by atoms with Crippen molar-refractivity contribution in [3.8, 4) is 0 Å². The summed E-state index contributed by atoms with van der Waals surface area (Å²) in [6.45, 7) is 0.767. The summed E-state index contributed by atoms with van der Waals surface area (Å²) in [7, 11) is 0. The van der Waals surface area contributed by atoms with Crippen LogP contribution in [0.15, 0.2) is 29.4 Å². The minimum atomic E-state index is 0.286. The Morgan fingerprint density at radius 1 is 1.41 bits per heavy atom. The van der Waals surface area contributed by atoms with Gasteiger partial charge < -0.3 is 16.3 Å². The first-order chi connectivity index (χ1) is 8.29. The van der Waals surface area contributed by atoms with Crippen LogP contribution in [0.3, 0.4) is 0 Å². The van der Waals surface area contributed by atoms with Crippen LogP contribution in [0.1, 0.15) is 24.0 Å². The molecule has 0 radical (unpaired) electrons. The maximum absolute atomic E-state index is 8.44. The molecule has 4 N–H and O–H groups in total. The molecule has 1 unspecified atom stereocenters. The van der Waals surface area contributed by atoms with Crippen molar-refractivity contribution in [3.63, 3.8) is 0 Å². The van der Waals surface area contributed by atoms with Gasteiger partial charge >= 0.3 is 0 Å². The first kappa shape index (κ1) is 11.9. The molecule has 92 valence electrons. The number of nitrogens with one attached hydrogen (secondary N) is 1. The monoisotopic (exact) mass is 233 g/mol. The van der Waals surface area contributed by atoms with Crippen LogP contribution in [0.2, 0.25) is 0 Å². The molecule has 1 aromatic rings. The van der Waals surface area contributed by atoms with Crippen molar-refractivity contribution in [2.24, 2.45) is 10.9 Å². The Balaban J connectivity index is 1.82. The number of amidine groups is 1. The molecule has 17 heavy (non-hydrogen) atoms. The van der Waals surface area contributed by atoms with Gasteiger partial charge in [0.15, 0.2) is 0 Å². The third-order valence-corrected chi connectivity index (χ3v) is 3.29. The summed E-state index contributed by atoms with van der Waals surface area (Å²) in [4.78, 5) is 0. The maximum Gasteiger partial charge on any atom is 0.140 e. The Labute approximate surface area is 102 Å². The third kappa shape index (κ3) is 3.20.